The van der Waals surface area contributed by atoms with Crippen molar-refractivity contribution in [1.29, 1.82) is 0 Å². The highest BCUT2D eigenvalue weighted by Crippen LogP contribution is 2.49. The summed E-state index contributed by atoms with van der Waals surface area (Å²) in [6, 6.07) is 14.4. The molecule has 0 aliphatic carbocycles. The average Bonchev–Trinajstić information content (AvgIpc) is 3.27. The number of nitrogens with zero attached hydrogens (tertiary/aromatic N) is 2. The van der Waals surface area contributed by atoms with E-state index in [0.29, 0.717) is 16.7 Å². The Kier molecular flexibility index (Phi) is 7.25. The molecule has 1 unspecified atom stereocenters. The van der Waals surface area contributed by atoms with Crippen LogP contribution in [0.1, 0.15) is 37.4 Å². The zero-order valence-electron chi connectivity index (χ0n) is 20.4. The Balaban J connectivity index is 1.79. The van der Waals surface area contributed by atoms with Crippen LogP contribution in [-0.4, -0.2) is 33.9 Å². The van der Waals surface area contributed by atoms with Gasteiger partial charge in [0.05, 0.1) is 28.1 Å². The largest absolute Gasteiger partial charge is 0.431 e. The topological polar surface area (TPSA) is 56.1 Å². The van der Waals surface area contributed by atoms with E-state index in [1.807, 2.05) is 0 Å². The molecule has 4 nitrogen and oxygen atoms in total. The molecule has 1 aliphatic heterocycles. The average molecular weight is 575 g/mol. The fraction of sp³-hybridized carbons (Fsp3) is 0.296. The van der Waals surface area contributed by atoms with Crippen molar-refractivity contribution in [3.8, 4) is 11.1 Å². The number of hydrogen-bond donors (Lipinski definition) is 2. The second kappa shape index (κ2) is 9.79. The molecule has 0 saturated carbocycles. The monoisotopic (exact) mass is 574 g/mol. The van der Waals surface area contributed by atoms with Gasteiger partial charge in [-0.2, -0.15) is 31.4 Å². The van der Waals surface area contributed by atoms with Gasteiger partial charge in [0.25, 0.3) is 5.60 Å². The second-order valence-electron chi connectivity index (χ2n) is 9.64. The number of hydrogen-bond acceptors (Lipinski definition) is 4. The minimum Gasteiger partial charge on any atom is -0.386 e. The summed E-state index contributed by atoms with van der Waals surface area (Å²) in [5.74, 6) is -0.917. The number of hydrazone groups is 1. The minimum atomic E-state index is -6.15. The van der Waals surface area contributed by atoms with Crippen LogP contribution in [0.2, 0.25) is 5.02 Å². The molecule has 0 fully saturated rings. The molecule has 1 aliphatic rings. The van der Waals surface area contributed by atoms with Crippen LogP contribution in [0.4, 0.5) is 36.4 Å². The van der Waals surface area contributed by atoms with Crippen LogP contribution < -0.4 is 5.01 Å². The summed E-state index contributed by atoms with van der Waals surface area (Å²) >= 11 is 6.16. The molecule has 4 rings (SSSR count). The van der Waals surface area contributed by atoms with Gasteiger partial charge in [-0.3, -0.25) is 5.01 Å². The number of anilines is 1. The summed E-state index contributed by atoms with van der Waals surface area (Å²) in [5, 5.41) is 24.3. The van der Waals surface area contributed by atoms with E-state index in [4.69, 9.17) is 11.6 Å². The molecule has 0 bridgehead atoms. The van der Waals surface area contributed by atoms with Crippen LogP contribution in [0.3, 0.4) is 0 Å². The van der Waals surface area contributed by atoms with E-state index in [9.17, 15) is 36.6 Å². The maximum atomic E-state index is 15.5. The Morgan fingerprint density at radius 3 is 1.92 bits per heavy atom. The van der Waals surface area contributed by atoms with Crippen molar-refractivity contribution in [3.05, 3.63) is 88.7 Å². The Bertz CT molecular complexity index is 1380. The quantitative estimate of drug-likeness (QED) is 0.310. The lowest BCUT2D eigenvalue weighted by molar-refractivity contribution is -0.338. The summed E-state index contributed by atoms with van der Waals surface area (Å²) < 4.78 is 97.2. The van der Waals surface area contributed by atoms with Crippen molar-refractivity contribution in [1.82, 2.24) is 0 Å². The molecule has 208 valence electrons. The Hall–Kier alpha value is -3.15. The van der Waals surface area contributed by atoms with Crippen molar-refractivity contribution in [2.24, 2.45) is 5.10 Å². The van der Waals surface area contributed by atoms with Gasteiger partial charge >= 0.3 is 12.4 Å². The number of rotatable bonds is 5. The van der Waals surface area contributed by atoms with Gasteiger partial charge < -0.3 is 10.2 Å². The molecule has 0 saturated heterocycles. The van der Waals surface area contributed by atoms with E-state index in [2.05, 4.69) is 5.10 Å². The SMILES string of the molecule is CC(C)(O)c1ccc(-c2ccc(C3CC(C(O)(C(F)(F)F)C(F)(F)F)=NN3c3ccccc3Cl)c(F)c2)cc1. The van der Waals surface area contributed by atoms with Crippen molar-refractivity contribution in [2.75, 3.05) is 5.01 Å². The van der Waals surface area contributed by atoms with Gasteiger partial charge in [0, 0.05) is 12.0 Å². The highest BCUT2D eigenvalue weighted by Gasteiger charge is 2.74. The number of aliphatic hydroxyl groups is 2. The van der Waals surface area contributed by atoms with Gasteiger partial charge in [0.1, 0.15) is 5.82 Å². The number of para-hydroxylation sites is 1. The molecule has 3 aromatic carbocycles. The Labute approximate surface area is 224 Å². The lowest BCUT2D eigenvalue weighted by Crippen LogP contribution is -2.62. The van der Waals surface area contributed by atoms with Crippen LogP contribution in [0.15, 0.2) is 71.8 Å². The molecule has 2 N–H and O–H groups in total. The molecule has 3 aromatic rings. The van der Waals surface area contributed by atoms with Gasteiger partial charge in [0.15, 0.2) is 0 Å². The lowest BCUT2D eigenvalue weighted by atomic mass is 9.89. The fourth-order valence-electron chi connectivity index (χ4n) is 4.37. The first-order valence-electron chi connectivity index (χ1n) is 11.6. The zero-order chi connectivity index (χ0) is 29.0. The lowest BCUT2D eigenvalue weighted by Gasteiger charge is -2.32. The molecular formula is C27H22ClF7N2O2. The fourth-order valence-corrected chi connectivity index (χ4v) is 4.59. The molecule has 1 heterocycles. The number of benzene rings is 3. The molecule has 1 atom stereocenters. The van der Waals surface area contributed by atoms with E-state index >= 15 is 4.39 Å². The van der Waals surface area contributed by atoms with E-state index in [0.717, 1.165) is 11.1 Å². The molecule has 39 heavy (non-hydrogen) atoms. The van der Waals surface area contributed by atoms with E-state index < -0.39 is 47.5 Å². The Morgan fingerprint density at radius 2 is 1.41 bits per heavy atom. The van der Waals surface area contributed by atoms with Gasteiger partial charge in [0.2, 0.25) is 0 Å². The predicted octanol–water partition coefficient (Wildman–Crippen LogP) is 7.54. The molecule has 12 heteroatoms. The van der Waals surface area contributed by atoms with Gasteiger partial charge in [-0.1, -0.05) is 60.1 Å². The zero-order valence-corrected chi connectivity index (χ0v) is 21.2. The highest BCUT2D eigenvalue weighted by molar-refractivity contribution is 6.33. The maximum Gasteiger partial charge on any atom is 0.431 e. The minimum absolute atomic E-state index is 0.0565. The van der Waals surface area contributed by atoms with Crippen LogP contribution in [0.25, 0.3) is 11.1 Å². The predicted molar refractivity (Wildman–Crippen MR) is 133 cm³/mol. The first-order valence-corrected chi connectivity index (χ1v) is 11.9. The van der Waals surface area contributed by atoms with Crippen molar-refractivity contribution in [2.45, 2.75) is 49.9 Å². The summed E-state index contributed by atoms with van der Waals surface area (Å²) in [7, 11) is 0. The smallest absolute Gasteiger partial charge is 0.386 e. The van der Waals surface area contributed by atoms with Crippen LogP contribution in [0, 0.1) is 5.82 Å². The van der Waals surface area contributed by atoms with E-state index in [-0.39, 0.29) is 16.3 Å². The maximum absolute atomic E-state index is 15.5. The summed E-state index contributed by atoms with van der Waals surface area (Å²) in [6.07, 6.45) is -13.4. The summed E-state index contributed by atoms with van der Waals surface area (Å²) in [4.78, 5) is 0. The van der Waals surface area contributed by atoms with Crippen molar-refractivity contribution >= 4 is 23.0 Å². The molecule has 0 radical (unpaired) electrons. The van der Waals surface area contributed by atoms with Crippen LogP contribution >= 0.6 is 11.6 Å². The molecule has 0 amide bonds. The molecular weight excluding hydrogens is 553 g/mol. The summed E-state index contributed by atoms with van der Waals surface area (Å²) in [6.45, 7) is 3.19. The molecule has 0 aromatic heterocycles. The summed E-state index contributed by atoms with van der Waals surface area (Å²) in [5.41, 5.74) is -6.78. The third-order valence-corrected chi connectivity index (χ3v) is 6.85. The first-order chi connectivity index (χ1) is 17.9. The Morgan fingerprint density at radius 1 is 0.846 bits per heavy atom. The number of halogens is 8. The normalized spacial score (nSPS) is 17.0. The third kappa shape index (κ3) is 5.22. The van der Waals surface area contributed by atoms with Gasteiger partial charge in [-0.05, 0) is 48.7 Å². The molecule has 0 spiro atoms. The highest BCUT2D eigenvalue weighted by atomic mass is 35.5. The van der Waals surface area contributed by atoms with Crippen molar-refractivity contribution < 1.29 is 40.9 Å². The van der Waals surface area contributed by atoms with E-state index in [1.54, 1.807) is 38.1 Å². The van der Waals surface area contributed by atoms with Crippen molar-refractivity contribution in [3.63, 3.8) is 0 Å². The first kappa shape index (κ1) is 28.8. The second-order valence-corrected chi connectivity index (χ2v) is 10.0. The van der Waals surface area contributed by atoms with Crippen LogP contribution in [-0.2, 0) is 5.60 Å². The van der Waals surface area contributed by atoms with Crippen LogP contribution in [0.5, 0.6) is 0 Å². The third-order valence-electron chi connectivity index (χ3n) is 6.53. The number of alkyl halides is 6. The standard InChI is InChI=1S/C27H22ClF7N2O2/c1-24(2,38)17-10-7-15(8-11-17)16-9-12-18(20(29)13-16)22-14-23(25(39,26(30,31)32)27(33,34)35)36-37(22)21-6-4-3-5-19(21)28/h3-13,22,38-39H,14H2,1-2H3. The van der Waals surface area contributed by atoms with Gasteiger partial charge in [-0.25, -0.2) is 4.39 Å². The van der Waals surface area contributed by atoms with E-state index in [1.165, 1.54) is 36.4 Å². The van der Waals surface area contributed by atoms with Gasteiger partial charge in [-0.15, -0.1) is 0 Å².